The lowest BCUT2D eigenvalue weighted by atomic mass is 10.1. The first-order valence-electron chi connectivity index (χ1n) is 6.75. The lowest BCUT2D eigenvalue weighted by molar-refractivity contribution is -0.0141. The predicted octanol–water partition coefficient (Wildman–Crippen LogP) is 2.56. The van der Waals surface area contributed by atoms with Gasteiger partial charge in [0.1, 0.15) is 0 Å². The number of β-amino-alcohol motifs (C(OH)–C–C–N with tert-alkyl or cyclic N) is 1. The number of aliphatic hydroxyl groups is 1. The van der Waals surface area contributed by atoms with E-state index in [2.05, 4.69) is 34.5 Å². The molecule has 110 valence electrons. The average Bonchev–Trinajstić information content (AvgIpc) is 2.83. The molecule has 1 aliphatic rings. The summed E-state index contributed by atoms with van der Waals surface area (Å²) in [4.78, 5) is 2.21. The van der Waals surface area contributed by atoms with Crippen molar-refractivity contribution in [3.8, 4) is 0 Å². The number of hydrogen-bond acceptors (Lipinski definition) is 4. The first-order chi connectivity index (χ1) is 9.31. The van der Waals surface area contributed by atoms with Crippen molar-refractivity contribution in [3.63, 3.8) is 0 Å². The second-order valence-electron chi connectivity index (χ2n) is 5.07. The maximum atomic E-state index is 9.16. The van der Waals surface area contributed by atoms with E-state index in [1.54, 1.807) is 11.3 Å². The van der Waals surface area contributed by atoms with Gasteiger partial charge in [-0.15, -0.1) is 23.7 Å². The fraction of sp³-hybridized carbons (Fsp3) is 0.467. The van der Waals surface area contributed by atoms with E-state index in [4.69, 9.17) is 9.84 Å². The number of nitrogens with zero attached hydrogens (tertiary/aromatic N) is 1. The molecular weight excluding hydrogens is 294 g/mol. The molecule has 2 aromatic rings. The van der Waals surface area contributed by atoms with Crippen molar-refractivity contribution in [1.29, 1.82) is 0 Å². The largest absolute Gasteiger partial charge is 0.390 e. The predicted molar refractivity (Wildman–Crippen MR) is 86.0 cm³/mol. The molecule has 0 radical (unpaired) electrons. The average molecular weight is 314 g/mol. The van der Waals surface area contributed by atoms with Crippen molar-refractivity contribution < 1.29 is 9.84 Å². The van der Waals surface area contributed by atoms with E-state index >= 15 is 0 Å². The minimum absolute atomic E-state index is 0. The number of halogens is 1. The van der Waals surface area contributed by atoms with Crippen molar-refractivity contribution in [2.24, 2.45) is 0 Å². The maximum absolute atomic E-state index is 9.16. The van der Waals surface area contributed by atoms with Crippen molar-refractivity contribution in [1.82, 2.24) is 4.90 Å². The van der Waals surface area contributed by atoms with Crippen LogP contribution in [0.1, 0.15) is 5.56 Å². The van der Waals surface area contributed by atoms with Gasteiger partial charge in [-0.1, -0.05) is 12.1 Å². The molecule has 3 rings (SSSR count). The number of benzene rings is 1. The van der Waals surface area contributed by atoms with Gasteiger partial charge in [0, 0.05) is 24.3 Å². The highest BCUT2D eigenvalue weighted by Crippen LogP contribution is 2.21. The molecule has 3 nitrogen and oxygen atoms in total. The molecule has 2 heterocycles. The van der Waals surface area contributed by atoms with Gasteiger partial charge in [0.15, 0.2) is 0 Å². The van der Waals surface area contributed by atoms with Gasteiger partial charge in [0.25, 0.3) is 0 Å². The zero-order chi connectivity index (χ0) is 13.1. The van der Waals surface area contributed by atoms with Crippen LogP contribution >= 0.6 is 23.7 Å². The normalized spacial score (nSPS) is 16.1. The Balaban J connectivity index is 0.00000147. The van der Waals surface area contributed by atoms with E-state index in [0.29, 0.717) is 0 Å². The zero-order valence-corrected chi connectivity index (χ0v) is 13.0. The second kappa shape index (κ2) is 7.38. The Labute approximate surface area is 129 Å². The van der Waals surface area contributed by atoms with E-state index in [1.807, 2.05) is 0 Å². The third-order valence-electron chi connectivity index (χ3n) is 3.54. The molecule has 0 atom stereocenters. The van der Waals surface area contributed by atoms with Crippen LogP contribution in [0.2, 0.25) is 0 Å². The molecule has 1 aromatic heterocycles. The van der Waals surface area contributed by atoms with Gasteiger partial charge in [-0.3, -0.25) is 4.90 Å². The first kappa shape index (κ1) is 15.7. The highest BCUT2D eigenvalue weighted by atomic mass is 35.5. The maximum Gasteiger partial charge on any atom is 0.0793 e. The van der Waals surface area contributed by atoms with Crippen LogP contribution in [-0.4, -0.2) is 49.0 Å². The fourth-order valence-corrected chi connectivity index (χ4v) is 3.15. The van der Waals surface area contributed by atoms with Gasteiger partial charge in [-0.05, 0) is 34.9 Å². The quantitative estimate of drug-likeness (QED) is 0.832. The molecule has 0 saturated carbocycles. The number of rotatable bonds is 6. The van der Waals surface area contributed by atoms with Crippen molar-refractivity contribution in [2.45, 2.75) is 12.5 Å². The topological polar surface area (TPSA) is 32.7 Å². The Morgan fingerprint density at radius 3 is 2.90 bits per heavy atom. The standard InChI is InChI=1S/C15H19NO2S.ClH/c17-14-10-16(11-14)5-7-18-6-3-12-1-2-15-13(9-12)4-8-19-15;/h1-2,4,8-9,14,17H,3,5-7,10-11H2;1H. The molecule has 20 heavy (non-hydrogen) atoms. The van der Waals surface area contributed by atoms with Crippen molar-refractivity contribution in [3.05, 3.63) is 35.2 Å². The molecule has 1 N–H and O–H groups in total. The summed E-state index contributed by atoms with van der Waals surface area (Å²) < 4.78 is 7.00. The first-order valence-corrected chi connectivity index (χ1v) is 7.63. The van der Waals surface area contributed by atoms with Crippen LogP contribution in [-0.2, 0) is 11.2 Å². The third-order valence-corrected chi connectivity index (χ3v) is 4.44. The summed E-state index contributed by atoms with van der Waals surface area (Å²) in [5.74, 6) is 0. The van der Waals surface area contributed by atoms with E-state index in [1.165, 1.54) is 15.6 Å². The SMILES string of the molecule is Cl.OC1CN(CCOCCc2ccc3sccc3c2)C1. The Morgan fingerprint density at radius 2 is 2.10 bits per heavy atom. The monoisotopic (exact) mass is 313 g/mol. The number of fused-ring (bicyclic) bond motifs is 1. The van der Waals surface area contributed by atoms with Crippen molar-refractivity contribution in [2.75, 3.05) is 32.8 Å². The minimum Gasteiger partial charge on any atom is -0.390 e. The molecular formula is C15H20ClNO2S. The van der Waals surface area contributed by atoms with Gasteiger partial charge in [-0.2, -0.15) is 0 Å². The highest BCUT2D eigenvalue weighted by molar-refractivity contribution is 7.17. The van der Waals surface area contributed by atoms with Gasteiger partial charge >= 0.3 is 0 Å². The van der Waals surface area contributed by atoms with Crippen LogP contribution in [0.5, 0.6) is 0 Å². The Hall–Kier alpha value is -0.650. The Bertz CT molecular complexity index is 539. The Morgan fingerprint density at radius 1 is 1.25 bits per heavy atom. The molecule has 0 aliphatic carbocycles. The second-order valence-corrected chi connectivity index (χ2v) is 6.02. The molecule has 0 unspecified atom stereocenters. The molecule has 5 heteroatoms. The number of thiophene rings is 1. The number of ether oxygens (including phenoxy) is 1. The van der Waals surface area contributed by atoms with Crippen LogP contribution in [0.3, 0.4) is 0 Å². The molecule has 0 spiro atoms. The zero-order valence-electron chi connectivity index (χ0n) is 11.3. The summed E-state index contributed by atoms with van der Waals surface area (Å²) in [6.45, 7) is 4.07. The minimum atomic E-state index is -0.114. The van der Waals surface area contributed by atoms with Crippen LogP contribution in [0, 0.1) is 0 Å². The van der Waals surface area contributed by atoms with E-state index in [0.717, 1.165) is 39.3 Å². The molecule has 0 amide bonds. The molecule has 1 saturated heterocycles. The van der Waals surface area contributed by atoms with E-state index in [-0.39, 0.29) is 18.5 Å². The summed E-state index contributed by atoms with van der Waals surface area (Å²) in [5.41, 5.74) is 1.34. The van der Waals surface area contributed by atoms with Crippen LogP contribution < -0.4 is 0 Å². The smallest absolute Gasteiger partial charge is 0.0793 e. The fourth-order valence-electron chi connectivity index (χ4n) is 2.38. The number of likely N-dealkylation sites (tertiary alicyclic amines) is 1. The summed E-state index contributed by atoms with van der Waals surface area (Å²) in [6, 6.07) is 8.80. The van der Waals surface area contributed by atoms with Crippen LogP contribution in [0.4, 0.5) is 0 Å². The van der Waals surface area contributed by atoms with Crippen molar-refractivity contribution >= 4 is 33.8 Å². The molecule has 1 aromatic carbocycles. The van der Waals surface area contributed by atoms with E-state index in [9.17, 15) is 0 Å². The summed E-state index contributed by atoms with van der Waals surface area (Å²) in [5, 5.41) is 12.6. The number of hydrogen-bond donors (Lipinski definition) is 1. The lowest BCUT2D eigenvalue weighted by Gasteiger charge is -2.35. The highest BCUT2D eigenvalue weighted by Gasteiger charge is 2.23. The molecule has 0 bridgehead atoms. The van der Waals surface area contributed by atoms with Crippen LogP contribution in [0.25, 0.3) is 10.1 Å². The summed E-state index contributed by atoms with van der Waals surface area (Å²) >= 11 is 1.78. The summed E-state index contributed by atoms with van der Waals surface area (Å²) in [6.07, 6.45) is 0.853. The molecule has 1 aliphatic heterocycles. The van der Waals surface area contributed by atoms with Gasteiger partial charge < -0.3 is 9.84 Å². The van der Waals surface area contributed by atoms with Gasteiger partial charge in [0.2, 0.25) is 0 Å². The van der Waals surface area contributed by atoms with E-state index < -0.39 is 0 Å². The number of aliphatic hydroxyl groups excluding tert-OH is 1. The van der Waals surface area contributed by atoms with Gasteiger partial charge in [-0.25, -0.2) is 0 Å². The molecule has 1 fully saturated rings. The third kappa shape index (κ3) is 3.93. The summed E-state index contributed by atoms with van der Waals surface area (Å²) in [7, 11) is 0. The Kier molecular flexibility index (Phi) is 5.81. The van der Waals surface area contributed by atoms with Crippen LogP contribution in [0.15, 0.2) is 29.6 Å². The van der Waals surface area contributed by atoms with Gasteiger partial charge in [0.05, 0.1) is 19.3 Å². The lowest BCUT2D eigenvalue weighted by Crippen LogP contribution is -2.51.